The molecule has 0 saturated carbocycles. The van der Waals surface area contributed by atoms with Crippen molar-refractivity contribution in [1.29, 1.82) is 0 Å². The minimum atomic E-state index is 0.813. The van der Waals surface area contributed by atoms with Gasteiger partial charge in [-0.1, -0.05) is 11.8 Å². The molecule has 0 bridgehead atoms. The Hall–Kier alpha value is -0.620. The van der Waals surface area contributed by atoms with E-state index in [-0.39, 0.29) is 0 Å². The number of nitrogens with two attached hydrogens (primary N) is 1. The fourth-order valence-corrected chi connectivity index (χ4v) is 2.59. The maximum Gasteiger partial charge on any atom is 0.114 e. The van der Waals surface area contributed by atoms with Gasteiger partial charge in [-0.3, -0.25) is 0 Å². The number of nitrogen functional groups attached to an aromatic ring is 1. The van der Waals surface area contributed by atoms with Crippen molar-refractivity contribution in [3.05, 3.63) is 39.9 Å². The lowest BCUT2D eigenvalue weighted by atomic mass is 10.3. The standard InChI is InChI=1S/C11H10INOS/c1-7-10(4-5-14-7)15-11-3-2-8(12)6-9(11)13/h2-6H,13H2,1H3. The van der Waals surface area contributed by atoms with E-state index in [0.717, 1.165) is 24.8 Å². The lowest BCUT2D eigenvalue weighted by Crippen LogP contribution is -1.88. The van der Waals surface area contributed by atoms with Crippen LogP contribution in [0.4, 0.5) is 5.69 Å². The first-order chi connectivity index (χ1) is 7.16. The summed E-state index contributed by atoms with van der Waals surface area (Å²) in [7, 11) is 0. The molecular formula is C11H10INOS. The third kappa shape index (κ3) is 2.49. The van der Waals surface area contributed by atoms with Crippen LogP contribution < -0.4 is 5.73 Å². The van der Waals surface area contributed by atoms with Crippen LogP contribution in [0.1, 0.15) is 5.76 Å². The Morgan fingerprint density at radius 3 is 2.67 bits per heavy atom. The first-order valence-corrected chi connectivity index (χ1v) is 6.33. The van der Waals surface area contributed by atoms with Crippen molar-refractivity contribution in [2.24, 2.45) is 0 Å². The van der Waals surface area contributed by atoms with E-state index in [1.807, 2.05) is 25.1 Å². The molecule has 0 aliphatic rings. The van der Waals surface area contributed by atoms with Crippen molar-refractivity contribution in [3.8, 4) is 0 Å². The number of benzene rings is 1. The van der Waals surface area contributed by atoms with Crippen LogP contribution in [-0.4, -0.2) is 0 Å². The van der Waals surface area contributed by atoms with Gasteiger partial charge in [0, 0.05) is 14.2 Å². The molecule has 2 N–H and O–H groups in total. The van der Waals surface area contributed by atoms with Gasteiger partial charge in [0.1, 0.15) is 5.76 Å². The summed E-state index contributed by atoms with van der Waals surface area (Å²) in [4.78, 5) is 2.18. The van der Waals surface area contributed by atoms with Crippen molar-refractivity contribution in [2.45, 2.75) is 16.7 Å². The monoisotopic (exact) mass is 331 g/mol. The number of rotatable bonds is 2. The summed E-state index contributed by atoms with van der Waals surface area (Å²) < 4.78 is 6.39. The first-order valence-electron chi connectivity index (χ1n) is 4.44. The molecule has 0 atom stereocenters. The van der Waals surface area contributed by atoms with Crippen LogP contribution in [0.25, 0.3) is 0 Å². The van der Waals surface area contributed by atoms with Crippen LogP contribution in [0.15, 0.2) is 44.7 Å². The molecule has 0 saturated heterocycles. The van der Waals surface area contributed by atoms with Gasteiger partial charge in [-0.2, -0.15) is 0 Å². The molecule has 1 heterocycles. The molecular weight excluding hydrogens is 321 g/mol. The second-order valence-electron chi connectivity index (χ2n) is 3.13. The summed E-state index contributed by atoms with van der Waals surface area (Å²) in [5, 5.41) is 0. The van der Waals surface area contributed by atoms with Crippen LogP contribution in [0.2, 0.25) is 0 Å². The van der Waals surface area contributed by atoms with Gasteiger partial charge in [-0.15, -0.1) is 0 Å². The molecule has 0 unspecified atom stereocenters. The molecule has 2 aromatic rings. The minimum absolute atomic E-state index is 0.813. The maximum atomic E-state index is 5.93. The summed E-state index contributed by atoms with van der Waals surface area (Å²) in [6.45, 7) is 1.95. The van der Waals surface area contributed by atoms with Crippen LogP contribution in [-0.2, 0) is 0 Å². The number of aryl methyl sites for hydroxylation is 1. The molecule has 15 heavy (non-hydrogen) atoms. The van der Waals surface area contributed by atoms with Crippen molar-refractivity contribution in [2.75, 3.05) is 5.73 Å². The van der Waals surface area contributed by atoms with Crippen LogP contribution in [0.5, 0.6) is 0 Å². The summed E-state index contributed by atoms with van der Waals surface area (Å²) in [5.74, 6) is 0.929. The van der Waals surface area contributed by atoms with E-state index < -0.39 is 0 Å². The zero-order valence-electron chi connectivity index (χ0n) is 8.16. The number of halogens is 1. The number of anilines is 1. The highest BCUT2D eigenvalue weighted by Crippen LogP contribution is 2.34. The van der Waals surface area contributed by atoms with E-state index in [4.69, 9.17) is 10.2 Å². The van der Waals surface area contributed by atoms with Gasteiger partial charge < -0.3 is 10.2 Å². The highest BCUT2D eigenvalue weighted by atomic mass is 127. The van der Waals surface area contributed by atoms with Gasteiger partial charge >= 0.3 is 0 Å². The molecule has 0 spiro atoms. The lowest BCUT2D eigenvalue weighted by molar-refractivity contribution is 0.527. The van der Waals surface area contributed by atoms with Gasteiger partial charge in [-0.25, -0.2) is 0 Å². The molecule has 0 aliphatic heterocycles. The molecule has 0 aliphatic carbocycles. The topological polar surface area (TPSA) is 39.2 Å². The summed E-state index contributed by atoms with van der Waals surface area (Å²) in [5.41, 5.74) is 6.74. The quantitative estimate of drug-likeness (QED) is 0.670. The normalized spacial score (nSPS) is 10.5. The molecule has 0 amide bonds. The predicted molar refractivity (Wildman–Crippen MR) is 71.1 cm³/mol. The van der Waals surface area contributed by atoms with E-state index in [1.54, 1.807) is 18.0 Å². The Labute approximate surface area is 106 Å². The van der Waals surface area contributed by atoms with Crippen LogP contribution >= 0.6 is 34.4 Å². The molecule has 0 fully saturated rings. The summed E-state index contributed by atoms with van der Waals surface area (Å²) in [6.07, 6.45) is 1.69. The van der Waals surface area contributed by atoms with E-state index in [9.17, 15) is 0 Å². The smallest absolute Gasteiger partial charge is 0.114 e. The third-order valence-electron chi connectivity index (χ3n) is 2.00. The second kappa shape index (κ2) is 4.49. The van der Waals surface area contributed by atoms with Gasteiger partial charge in [0.2, 0.25) is 0 Å². The highest BCUT2D eigenvalue weighted by molar-refractivity contribution is 14.1. The fraction of sp³-hybridized carbons (Fsp3) is 0.0909. The van der Waals surface area contributed by atoms with Crippen LogP contribution in [0.3, 0.4) is 0 Å². The number of hydrogen-bond donors (Lipinski definition) is 1. The predicted octanol–water partition coefficient (Wildman–Crippen LogP) is 3.93. The average Bonchev–Trinajstić information content (AvgIpc) is 2.57. The Morgan fingerprint density at radius 2 is 2.07 bits per heavy atom. The minimum Gasteiger partial charge on any atom is -0.468 e. The van der Waals surface area contributed by atoms with Gasteiger partial charge in [-0.05, 0) is 53.8 Å². The van der Waals surface area contributed by atoms with E-state index in [1.165, 1.54) is 0 Å². The molecule has 1 aromatic carbocycles. The molecule has 4 heteroatoms. The number of furan rings is 1. The van der Waals surface area contributed by atoms with Crippen molar-refractivity contribution in [1.82, 2.24) is 0 Å². The first kappa shape index (κ1) is 10.9. The van der Waals surface area contributed by atoms with Gasteiger partial charge in [0.05, 0.1) is 11.2 Å². The van der Waals surface area contributed by atoms with Gasteiger partial charge in [0.25, 0.3) is 0 Å². The summed E-state index contributed by atoms with van der Waals surface area (Å²) >= 11 is 3.88. The third-order valence-corrected chi connectivity index (χ3v) is 3.91. The Morgan fingerprint density at radius 1 is 1.27 bits per heavy atom. The zero-order chi connectivity index (χ0) is 10.8. The molecule has 2 nitrogen and oxygen atoms in total. The highest BCUT2D eigenvalue weighted by Gasteiger charge is 2.06. The maximum absolute atomic E-state index is 5.93. The molecule has 1 aromatic heterocycles. The largest absolute Gasteiger partial charge is 0.468 e. The van der Waals surface area contributed by atoms with E-state index in [2.05, 4.69) is 28.7 Å². The fourth-order valence-electron chi connectivity index (χ4n) is 1.21. The van der Waals surface area contributed by atoms with Crippen LogP contribution in [0, 0.1) is 10.5 Å². The molecule has 2 rings (SSSR count). The van der Waals surface area contributed by atoms with Crippen molar-refractivity contribution >= 4 is 40.0 Å². The zero-order valence-corrected chi connectivity index (χ0v) is 11.1. The Bertz CT molecular complexity index is 481. The average molecular weight is 331 g/mol. The van der Waals surface area contributed by atoms with E-state index in [0.29, 0.717) is 0 Å². The second-order valence-corrected chi connectivity index (χ2v) is 5.45. The molecule has 0 radical (unpaired) electrons. The van der Waals surface area contributed by atoms with Crippen molar-refractivity contribution in [3.63, 3.8) is 0 Å². The van der Waals surface area contributed by atoms with E-state index >= 15 is 0 Å². The summed E-state index contributed by atoms with van der Waals surface area (Å²) in [6, 6.07) is 8.01. The number of hydrogen-bond acceptors (Lipinski definition) is 3. The lowest BCUT2D eigenvalue weighted by Gasteiger charge is -2.04. The SMILES string of the molecule is Cc1occc1Sc1ccc(I)cc1N. The van der Waals surface area contributed by atoms with Crippen molar-refractivity contribution < 1.29 is 4.42 Å². The molecule has 78 valence electrons. The Kier molecular flexibility index (Phi) is 3.25. The van der Waals surface area contributed by atoms with Gasteiger partial charge in [0.15, 0.2) is 0 Å². The Balaban J connectivity index is 2.29.